The summed E-state index contributed by atoms with van der Waals surface area (Å²) in [6, 6.07) is 15.8. The fourth-order valence-electron chi connectivity index (χ4n) is 2.39. The molecule has 0 heterocycles. The van der Waals surface area contributed by atoms with E-state index in [0.717, 1.165) is 5.56 Å². The molecule has 2 rings (SSSR count). The maximum atomic E-state index is 12.2. The predicted molar refractivity (Wildman–Crippen MR) is 110 cm³/mol. The van der Waals surface area contributed by atoms with Gasteiger partial charge in [0.15, 0.2) is 11.5 Å². The molecule has 1 N–H and O–H groups in total. The Hall–Kier alpha value is -4.18. The van der Waals surface area contributed by atoms with Crippen molar-refractivity contribution in [2.45, 2.75) is 20.4 Å². The van der Waals surface area contributed by atoms with Crippen molar-refractivity contribution >= 4 is 23.9 Å². The molecule has 0 spiro atoms. The van der Waals surface area contributed by atoms with Crippen molar-refractivity contribution in [3.05, 3.63) is 77.4 Å². The minimum absolute atomic E-state index is 0.0566. The third-order valence-corrected chi connectivity index (χ3v) is 3.69. The Morgan fingerprint density at radius 3 is 2.30 bits per heavy atom. The molecule has 7 nitrogen and oxygen atoms in total. The van der Waals surface area contributed by atoms with Crippen LogP contribution in [0.25, 0.3) is 6.08 Å². The molecule has 2 aromatic carbocycles. The lowest BCUT2D eigenvalue weighted by Gasteiger charge is -2.09. The summed E-state index contributed by atoms with van der Waals surface area (Å²) in [6.45, 7) is 2.78. The Labute approximate surface area is 174 Å². The van der Waals surface area contributed by atoms with Crippen LogP contribution in [0.3, 0.4) is 0 Å². The van der Waals surface area contributed by atoms with Gasteiger partial charge in [0, 0.05) is 20.4 Å². The molecule has 0 saturated carbocycles. The number of nitrogens with zero attached hydrogens (tertiary/aromatic N) is 1. The second-order valence-electron chi connectivity index (χ2n) is 6.11. The standard InChI is InChI=1S/C23H20N2O5/c1-16(26)29-21-12-11-18(13-22(21)30-17(2)27)9-6-10-20(14-24)23(28)25-15-19-7-4-3-5-8-19/h3-13H,15H2,1-2H3,(H,25,28). The summed E-state index contributed by atoms with van der Waals surface area (Å²) in [5.41, 5.74) is 1.48. The second kappa shape index (κ2) is 11.0. The molecule has 0 bridgehead atoms. The van der Waals surface area contributed by atoms with Crippen LogP contribution in [-0.4, -0.2) is 17.8 Å². The van der Waals surface area contributed by atoms with Gasteiger partial charge in [0.2, 0.25) is 0 Å². The average Bonchev–Trinajstić information content (AvgIpc) is 2.71. The molecule has 0 saturated heterocycles. The van der Waals surface area contributed by atoms with E-state index in [1.807, 2.05) is 36.4 Å². The number of hydrogen-bond donors (Lipinski definition) is 1. The number of nitriles is 1. The normalized spacial score (nSPS) is 10.9. The van der Waals surface area contributed by atoms with Crippen molar-refractivity contribution < 1.29 is 23.9 Å². The number of benzene rings is 2. The third kappa shape index (κ3) is 7.09. The van der Waals surface area contributed by atoms with Gasteiger partial charge in [-0.15, -0.1) is 0 Å². The highest BCUT2D eigenvalue weighted by Gasteiger charge is 2.11. The van der Waals surface area contributed by atoms with Gasteiger partial charge in [-0.3, -0.25) is 14.4 Å². The number of hydrogen-bond acceptors (Lipinski definition) is 6. The lowest BCUT2D eigenvalue weighted by molar-refractivity contribution is -0.134. The molecular formula is C23H20N2O5. The van der Waals surface area contributed by atoms with Crippen molar-refractivity contribution in [3.63, 3.8) is 0 Å². The van der Waals surface area contributed by atoms with Crippen LogP contribution in [0, 0.1) is 11.3 Å². The van der Waals surface area contributed by atoms with Crippen LogP contribution >= 0.6 is 0 Å². The first-order chi connectivity index (χ1) is 14.4. The molecule has 0 aliphatic heterocycles. The average molecular weight is 404 g/mol. The van der Waals surface area contributed by atoms with Crippen LogP contribution in [0.4, 0.5) is 0 Å². The summed E-state index contributed by atoms with van der Waals surface area (Å²) in [7, 11) is 0. The summed E-state index contributed by atoms with van der Waals surface area (Å²) < 4.78 is 10.1. The van der Waals surface area contributed by atoms with E-state index in [1.54, 1.807) is 12.1 Å². The van der Waals surface area contributed by atoms with Crippen LogP contribution in [0.1, 0.15) is 25.0 Å². The van der Waals surface area contributed by atoms with Crippen molar-refractivity contribution in [3.8, 4) is 17.6 Å². The number of ether oxygens (including phenoxy) is 2. The first-order valence-corrected chi connectivity index (χ1v) is 9.00. The summed E-state index contributed by atoms with van der Waals surface area (Å²) in [5.74, 6) is -1.40. The second-order valence-corrected chi connectivity index (χ2v) is 6.11. The monoisotopic (exact) mass is 404 g/mol. The Morgan fingerprint density at radius 1 is 1.00 bits per heavy atom. The molecule has 30 heavy (non-hydrogen) atoms. The molecule has 7 heteroatoms. The lowest BCUT2D eigenvalue weighted by Crippen LogP contribution is -2.23. The quantitative estimate of drug-likeness (QED) is 0.250. The zero-order valence-electron chi connectivity index (χ0n) is 16.5. The minimum atomic E-state index is -0.564. The van der Waals surface area contributed by atoms with Crippen LogP contribution < -0.4 is 14.8 Å². The molecule has 0 fully saturated rings. The lowest BCUT2D eigenvalue weighted by atomic mass is 10.1. The number of allylic oxidation sites excluding steroid dienone is 2. The van der Waals surface area contributed by atoms with E-state index < -0.39 is 17.8 Å². The van der Waals surface area contributed by atoms with E-state index in [2.05, 4.69) is 5.32 Å². The largest absolute Gasteiger partial charge is 0.423 e. The number of rotatable bonds is 7. The van der Waals surface area contributed by atoms with Crippen molar-refractivity contribution in [1.82, 2.24) is 5.32 Å². The van der Waals surface area contributed by atoms with E-state index in [4.69, 9.17) is 9.47 Å². The maximum Gasteiger partial charge on any atom is 0.308 e. The van der Waals surface area contributed by atoms with Crippen LogP contribution in [0.15, 0.2) is 66.3 Å². The molecule has 2 aromatic rings. The highest BCUT2D eigenvalue weighted by atomic mass is 16.6. The third-order valence-electron chi connectivity index (χ3n) is 3.69. The van der Waals surface area contributed by atoms with Gasteiger partial charge in [0.25, 0.3) is 5.91 Å². The van der Waals surface area contributed by atoms with E-state index >= 15 is 0 Å². The molecule has 1 amide bonds. The number of esters is 2. The fourth-order valence-corrected chi connectivity index (χ4v) is 2.39. The van der Waals surface area contributed by atoms with Crippen LogP contribution in [-0.2, 0) is 20.9 Å². The van der Waals surface area contributed by atoms with Gasteiger partial charge in [0.05, 0.1) is 0 Å². The first-order valence-electron chi connectivity index (χ1n) is 9.00. The molecule has 0 radical (unpaired) electrons. The number of nitrogens with one attached hydrogen (secondary N) is 1. The first kappa shape index (κ1) is 22.1. The summed E-state index contributed by atoms with van der Waals surface area (Å²) >= 11 is 0. The Morgan fingerprint density at radius 2 is 1.67 bits per heavy atom. The molecule has 0 unspecified atom stereocenters. The number of carbonyl (C=O) groups excluding carboxylic acids is 3. The Bertz CT molecular complexity index is 1030. The summed E-state index contributed by atoms with van der Waals surface area (Å²) in [5, 5.41) is 11.9. The maximum absolute atomic E-state index is 12.2. The molecule has 0 aliphatic carbocycles. The Balaban J connectivity index is 2.11. The molecule has 0 aromatic heterocycles. The van der Waals surface area contributed by atoms with E-state index in [9.17, 15) is 19.6 Å². The topological polar surface area (TPSA) is 105 Å². The SMILES string of the molecule is CC(=O)Oc1ccc(C=CC=C(C#N)C(=O)NCc2ccccc2)cc1OC(C)=O. The smallest absolute Gasteiger partial charge is 0.308 e. The van der Waals surface area contributed by atoms with Gasteiger partial charge >= 0.3 is 11.9 Å². The van der Waals surface area contributed by atoms with Gasteiger partial charge in [-0.1, -0.05) is 48.6 Å². The minimum Gasteiger partial charge on any atom is -0.423 e. The van der Waals surface area contributed by atoms with Gasteiger partial charge in [-0.25, -0.2) is 0 Å². The predicted octanol–water partition coefficient (Wildman–Crippen LogP) is 3.32. The van der Waals surface area contributed by atoms with Gasteiger partial charge in [-0.05, 0) is 29.3 Å². The van der Waals surface area contributed by atoms with Crippen molar-refractivity contribution in [2.24, 2.45) is 0 Å². The van der Waals surface area contributed by atoms with Crippen LogP contribution in [0.5, 0.6) is 11.5 Å². The highest BCUT2D eigenvalue weighted by Crippen LogP contribution is 2.29. The van der Waals surface area contributed by atoms with E-state index in [0.29, 0.717) is 12.1 Å². The zero-order valence-corrected chi connectivity index (χ0v) is 16.5. The van der Waals surface area contributed by atoms with Crippen LogP contribution in [0.2, 0.25) is 0 Å². The van der Waals surface area contributed by atoms with Gasteiger partial charge < -0.3 is 14.8 Å². The molecule has 0 aliphatic rings. The molecule has 152 valence electrons. The number of amides is 1. The van der Waals surface area contributed by atoms with Crippen molar-refractivity contribution in [2.75, 3.05) is 0 Å². The Kier molecular flexibility index (Phi) is 8.09. The highest BCUT2D eigenvalue weighted by molar-refractivity contribution is 5.97. The van der Waals surface area contributed by atoms with Gasteiger partial charge in [0.1, 0.15) is 11.6 Å². The number of carbonyl (C=O) groups is 3. The van der Waals surface area contributed by atoms with Crippen molar-refractivity contribution in [1.29, 1.82) is 5.26 Å². The summed E-state index contributed by atoms with van der Waals surface area (Å²) in [4.78, 5) is 34.6. The van der Waals surface area contributed by atoms with Gasteiger partial charge in [-0.2, -0.15) is 5.26 Å². The molecular weight excluding hydrogens is 384 g/mol. The molecule has 0 atom stereocenters. The fraction of sp³-hybridized carbons (Fsp3) is 0.130. The van der Waals surface area contributed by atoms with E-state index in [1.165, 1.54) is 38.1 Å². The van der Waals surface area contributed by atoms with E-state index in [-0.39, 0.29) is 17.1 Å². The summed E-state index contributed by atoms with van der Waals surface area (Å²) in [6.07, 6.45) is 4.53. The zero-order chi connectivity index (χ0) is 21.9.